The van der Waals surface area contributed by atoms with E-state index >= 15 is 0 Å². The van der Waals surface area contributed by atoms with Gasteiger partial charge < -0.3 is 15.5 Å². The van der Waals surface area contributed by atoms with Gasteiger partial charge in [0.2, 0.25) is 0 Å². The van der Waals surface area contributed by atoms with Crippen molar-refractivity contribution in [1.29, 1.82) is 0 Å². The zero-order valence-corrected chi connectivity index (χ0v) is 12.0. The number of nitrogens with two attached hydrogens (primary N) is 1. The molecule has 21 heavy (non-hydrogen) atoms. The lowest BCUT2D eigenvalue weighted by atomic mass is 10.2. The number of anilines is 2. The SMILES string of the molecule is CCOCc1nc(NN)cc(NCCc2ccncc2)n1. The largest absolute Gasteiger partial charge is 0.374 e. The number of rotatable bonds is 8. The van der Waals surface area contributed by atoms with Gasteiger partial charge in [-0.15, -0.1) is 0 Å². The van der Waals surface area contributed by atoms with Gasteiger partial charge in [0.1, 0.15) is 18.2 Å². The maximum atomic E-state index is 5.42. The van der Waals surface area contributed by atoms with Crippen LogP contribution in [0.4, 0.5) is 11.6 Å². The van der Waals surface area contributed by atoms with E-state index in [1.54, 1.807) is 18.5 Å². The van der Waals surface area contributed by atoms with Crippen molar-refractivity contribution in [3.05, 3.63) is 42.0 Å². The molecule has 0 aliphatic heterocycles. The number of hydrogen-bond donors (Lipinski definition) is 3. The summed E-state index contributed by atoms with van der Waals surface area (Å²) in [5, 5.41) is 3.26. The third-order valence-electron chi connectivity index (χ3n) is 2.82. The topological polar surface area (TPSA) is 98.0 Å². The minimum Gasteiger partial charge on any atom is -0.374 e. The highest BCUT2D eigenvalue weighted by Gasteiger charge is 2.04. The molecule has 0 aliphatic carbocycles. The van der Waals surface area contributed by atoms with E-state index in [2.05, 4.69) is 25.7 Å². The molecule has 0 saturated heterocycles. The number of nitrogens with one attached hydrogen (secondary N) is 2. The molecule has 0 spiro atoms. The zero-order valence-electron chi connectivity index (χ0n) is 12.0. The second-order valence-electron chi connectivity index (χ2n) is 4.37. The number of nitrogens with zero attached hydrogens (tertiary/aromatic N) is 3. The van der Waals surface area contributed by atoms with E-state index in [0.29, 0.717) is 24.9 Å². The van der Waals surface area contributed by atoms with Gasteiger partial charge in [-0.3, -0.25) is 4.98 Å². The molecule has 2 rings (SSSR count). The molecule has 0 unspecified atom stereocenters. The average Bonchev–Trinajstić information content (AvgIpc) is 2.53. The smallest absolute Gasteiger partial charge is 0.158 e. The van der Waals surface area contributed by atoms with Gasteiger partial charge in [-0.2, -0.15) is 0 Å². The summed E-state index contributed by atoms with van der Waals surface area (Å²) in [5.74, 6) is 7.30. The van der Waals surface area contributed by atoms with Crippen LogP contribution >= 0.6 is 0 Å². The number of nitrogen functional groups attached to an aromatic ring is 1. The number of ether oxygens (including phenoxy) is 1. The van der Waals surface area contributed by atoms with E-state index in [0.717, 1.165) is 18.8 Å². The Morgan fingerprint density at radius 1 is 1.19 bits per heavy atom. The molecule has 0 fully saturated rings. The van der Waals surface area contributed by atoms with Crippen LogP contribution in [0.1, 0.15) is 18.3 Å². The predicted octanol–water partition coefficient (Wildman–Crippen LogP) is 1.35. The summed E-state index contributed by atoms with van der Waals surface area (Å²) >= 11 is 0. The van der Waals surface area contributed by atoms with Crippen molar-refractivity contribution in [2.24, 2.45) is 5.84 Å². The van der Waals surface area contributed by atoms with Crippen LogP contribution < -0.4 is 16.6 Å². The molecular weight excluding hydrogens is 268 g/mol. The van der Waals surface area contributed by atoms with Gasteiger partial charge in [0.05, 0.1) is 0 Å². The number of pyridine rings is 1. The summed E-state index contributed by atoms with van der Waals surface area (Å²) in [6.07, 6.45) is 4.46. The second kappa shape index (κ2) is 8.13. The number of aromatic nitrogens is 3. The highest BCUT2D eigenvalue weighted by atomic mass is 16.5. The van der Waals surface area contributed by atoms with Crippen LogP contribution in [-0.4, -0.2) is 28.1 Å². The minimum absolute atomic E-state index is 0.366. The summed E-state index contributed by atoms with van der Waals surface area (Å²) in [6, 6.07) is 5.76. The van der Waals surface area contributed by atoms with Crippen molar-refractivity contribution < 1.29 is 4.74 Å². The Balaban J connectivity index is 1.95. The summed E-state index contributed by atoms with van der Waals surface area (Å²) in [4.78, 5) is 12.6. The lowest BCUT2D eigenvalue weighted by Gasteiger charge is -2.09. The number of hydrazine groups is 1. The van der Waals surface area contributed by atoms with Crippen LogP contribution in [0.15, 0.2) is 30.6 Å². The minimum atomic E-state index is 0.366. The quantitative estimate of drug-likeness (QED) is 0.498. The first kappa shape index (κ1) is 15.1. The normalized spacial score (nSPS) is 10.4. The van der Waals surface area contributed by atoms with Gasteiger partial charge in [0, 0.05) is 31.6 Å². The Kier molecular flexibility index (Phi) is 5.86. The fraction of sp³-hybridized carbons (Fsp3) is 0.357. The van der Waals surface area contributed by atoms with Gasteiger partial charge >= 0.3 is 0 Å². The van der Waals surface area contributed by atoms with E-state index in [-0.39, 0.29) is 0 Å². The average molecular weight is 288 g/mol. The van der Waals surface area contributed by atoms with Crippen molar-refractivity contribution in [2.45, 2.75) is 20.0 Å². The van der Waals surface area contributed by atoms with Crippen molar-refractivity contribution in [1.82, 2.24) is 15.0 Å². The predicted molar refractivity (Wildman–Crippen MR) is 81.6 cm³/mol. The van der Waals surface area contributed by atoms with E-state index in [9.17, 15) is 0 Å². The summed E-state index contributed by atoms with van der Waals surface area (Å²) in [7, 11) is 0. The zero-order chi connectivity index (χ0) is 14.9. The van der Waals surface area contributed by atoms with E-state index in [1.165, 1.54) is 5.56 Å². The van der Waals surface area contributed by atoms with Crippen molar-refractivity contribution in [2.75, 3.05) is 23.9 Å². The summed E-state index contributed by atoms with van der Waals surface area (Å²) in [6.45, 7) is 3.68. The molecule has 0 atom stereocenters. The van der Waals surface area contributed by atoms with Gasteiger partial charge in [-0.25, -0.2) is 15.8 Å². The Morgan fingerprint density at radius 2 is 1.95 bits per heavy atom. The molecule has 0 bridgehead atoms. The van der Waals surface area contributed by atoms with Crippen LogP contribution in [-0.2, 0) is 17.8 Å². The van der Waals surface area contributed by atoms with Crippen LogP contribution in [0.5, 0.6) is 0 Å². The maximum absolute atomic E-state index is 5.42. The Labute approximate surface area is 123 Å². The summed E-state index contributed by atoms with van der Waals surface area (Å²) in [5.41, 5.74) is 3.76. The van der Waals surface area contributed by atoms with Crippen LogP contribution in [0.3, 0.4) is 0 Å². The molecule has 7 heteroatoms. The van der Waals surface area contributed by atoms with Crippen LogP contribution in [0.25, 0.3) is 0 Å². The van der Waals surface area contributed by atoms with Crippen molar-refractivity contribution in [3.63, 3.8) is 0 Å². The van der Waals surface area contributed by atoms with E-state index < -0.39 is 0 Å². The Morgan fingerprint density at radius 3 is 2.67 bits per heavy atom. The maximum Gasteiger partial charge on any atom is 0.158 e. The van der Waals surface area contributed by atoms with Gasteiger partial charge in [0.25, 0.3) is 0 Å². The molecule has 0 saturated carbocycles. The molecule has 2 aromatic rings. The van der Waals surface area contributed by atoms with Gasteiger partial charge in [-0.05, 0) is 31.0 Å². The highest BCUT2D eigenvalue weighted by molar-refractivity contribution is 5.46. The van der Waals surface area contributed by atoms with Gasteiger partial charge in [-0.1, -0.05) is 0 Å². The van der Waals surface area contributed by atoms with Crippen LogP contribution in [0.2, 0.25) is 0 Å². The Hall–Kier alpha value is -2.25. The van der Waals surface area contributed by atoms with Crippen molar-refractivity contribution >= 4 is 11.6 Å². The molecule has 2 heterocycles. The number of hydrogen-bond acceptors (Lipinski definition) is 7. The van der Waals surface area contributed by atoms with E-state index in [4.69, 9.17) is 10.6 Å². The molecule has 4 N–H and O–H groups in total. The molecular formula is C14H20N6O. The second-order valence-corrected chi connectivity index (χ2v) is 4.37. The third kappa shape index (κ3) is 4.97. The van der Waals surface area contributed by atoms with Gasteiger partial charge in [0.15, 0.2) is 5.82 Å². The third-order valence-corrected chi connectivity index (χ3v) is 2.82. The molecule has 7 nitrogen and oxygen atoms in total. The molecule has 0 aliphatic rings. The van der Waals surface area contributed by atoms with Crippen molar-refractivity contribution in [3.8, 4) is 0 Å². The first-order valence-corrected chi connectivity index (χ1v) is 6.87. The highest BCUT2D eigenvalue weighted by Crippen LogP contribution is 2.11. The monoisotopic (exact) mass is 288 g/mol. The van der Waals surface area contributed by atoms with E-state index in [1.807, 2.05) is 19.1 Å². The lowest BCUT2D eigenvalue weighted by molar-refractivity contribution is 0.128. The molecule has 0 aromatic carbocycles. The fourth-order valence-electron chi connectivity index (χ4n) is 1.80. The molecule has 112 valence electrons. The summed E-state index contributed by atoms with van der Waals surface area (Å²) < 4.78 is 5.32. The molecule has 2 aromatic heterocycles. The fourth-order valence-corrected chi connectivity index (χ4v) is 1.80. The molecule has 0 amide bonds. The first-order valence-electron chi connectivity index (χ1n) is 6.87. The standard InChI is InChI=1S/C14H20N6O/c1-2-21-10-14-18-12(9-13(19-14)20-15)17-8-5-11-3-6-16-7-4-11/h3-4,6-7,9H,2,5,8,10,15H2,1H3,(H2,17,18,19,20). The Bertz CT molecular complexity index is 548. The molecule has 0 radical (unpaired) electrons. The van der Waals surface area contributed by atoms with Crippen LogP contribution in [0, 0.1) is 0 Å². The lowest BCUT2D eigenvalue weighted by Crippen LogP contribution is -2.14. The first-order chi connectivity index (χ1) is 10.3.